The van der Waals surface area contributed by atoms with E-state index in [4.69, 9.17) is 0 Å². The Morgan fingerprint density at radius 3 is 1.75 bits per heavy atom. The predicted octanol–water partition coefficient (Wildman–Crippen LogP) is 1.13. The Balaban J connectivity index is -0.000000178. The first-order valence-electron chi connectivity index (χ1n) is 4.13. The molecule has 1 aliphatic rings. The number of rotatable bonds is 0. The molecular formula is C7H19NO3S. The number of hydrogen-bond donors (Lipinski definition) is 1. The van der Waals surface area contributed by atoms with E-state index in [1.165, 1.54) is 0 Å². The van der Waals surface area contributed by atoms with Gasteiger partial charge in [0.1, 0.15) is 0 Å². The molecule has 0 saturated carbocycles. The molecule has 1 rings (SSSR count). The van der Waals surface area contributed by atoms with E-state index in [-0.39, 0.29) is 13.6 Å². The van der Waals surface area contributed by atoms with Gasteiger partial charge in [-0.25, -0.2) is 8.42 Å². The Labute approximate surface area is 75.9 Å². The Morgan fingerprint density at radius 1 is 1.25 bits per heavy atom. The summed E-state index contributed by atoms with van der Waals surface area (Å²) < 4.78 is 22.4. The molecule has 0 aromatic rings. The molecule has 1 fully saturated rings. The highest BCUT2D eigenvalue weighted by atomic mass is 32.2. The van der Waals surface area contributed by atoms with Crippen LogP contribution in [0.3, 0.4) is 0 Å². The molecule has 12 heavy (non-hydrogen) atoms. The van der Waals surface area contributed by atoms with Crippen molar-refractivity contribution in [2.45, 2.75) is 34.1 Å². The summed E-state index contributed by atoms with van der Waals surface area (Å²) in [5.74, 6) is -0.448. The van der Waals surface area contributed by atoms with E-state index in [0.717, 1.165) is 0 Å². The van der Waals surface area contributed by atoms with Crippen LogP contribution in [0.5, 0.6) is 0 Å². The maximum absolute atomic E-state index is 10.3. The average Bonchev–Trinajstić information content (AvgIpc) is 2.37. The molecule has 0 aromatic heterocycles. The average molecular weight is 197 g/mol. The molecule has 1 amide bonds. The third kappa shape index (κ3) is 6.15. The van der Waals surface area contributed by atoms with Crippen molar-refractivity contribution in [3.8, 4) is 0 Å². The van der Waals surface area contributed by atoms with Crippen LogP contribution in [0.4, 0.5) is 0 Å². The normalized spacial score (nSPS) is 17.8. The van der Waals surface area contributed by atoms with Gasteiger partial charge in [-0.05, 0) is 0 Å². The van der Waals surface area contributed by atoms with E-state index in [1.54, 1.807) is 0 Å². The highest BCUT2D eigenvalue weighted by Crippen LogP contribution is 1.97. The van der Waals surface area contributed by atoms with Crippen molar-refractivity contribution in [2.75, 3.05) is 5.75 Å². The Kier molecular flexibility index (Phi) is 8.26. The summed E-state index contributed by atoms with van der Waals surface area (Å²) in [4.78, 5) is 10.2. The second kappa shape index (κ2) is 7.09. The zero-order chi connectivity index (χ0) is 10.2. The van der Waals surface area contributed by atoms with Crippen molar-refractivity contribution in [1.29, 1.82) is 0 Å². The van der Waals surface area contributed by atoms with E-state index in [0.29, 0.717) is 0 Å². The largest absolute Gasteiger partial charge is 0.274 e. The van der Waals surface area contributed by atoms with E-state index in [1.807, 2.05) is 32.4 Å². The summed E-state index contributed by atoms with van der Waals surface area (Å²) in [6, 6.07) is 0. The smallest absolute Gasteiger partial charge is 0.235 e. The molecule has 0 atom stereocenters. The Morgan fingerprint density at radius 2 is 1.67 bits per heavy atom. The molecule has 76 valence electrons. The number of carbonyl (C=O) groups is 1. The molecule has 0 spiro atoms. The third-order valence-corrected chi connectivity index (χ3v) is 2.15. The second-order valence-electron chi connectivity index (χ2n) is 1.59. The molecule has 0 bridgehead atoms. The summed E-state index contributed by atoms with van der Waals surface area (Å²) in [7, 11) is -3.20. The molecule has 1 N–H and O–H groups in total. The fourth-order valence-corrected chi connectivity index (χ4v) is 1.51. The lowest BCUT2D eigenvalue weighted by Gasteiger charge is -1.85. The van der Waals surface area contributed by atoms with Gasteiger partial charge in [-0.1, -0.05) is 27.7 Å². The summed E-state index contributed by atoms with van der Waals surface area (Å²) in [6.45, 7) is 8.00. The number of hydrogen-bond acceptors (Lipinski definition) is 3. The van der Waals surface area contributed by atoms with Crippen LogP contribution >= 0.6 is 0 Å². The lowest BCUT2D eigenvalue weighted by atomic mass is 10.5. The van der Waals surface area contributed by atoms with Crippen LogP contribution in [0.1, 0.15) is 35.5 Å². The van der Waals surface area contributed by atoms with Gasteiger partial charge in [-0.15, -0.1) is 0 Å². The number of carbonyl (C=O) groups excluding carboxylic acids is 1. The van der Waals surface area contributed by atoms with Gasteiger partial charge in [0.25, 0.3) is 0 Å². The van der Waals surface area contributed by atoms with E-state index in [9.17, 15) is 13.2 Å². The molecule has 0 radical (unpaired) electrons. The van der Waals surface area contributed by atoms with Crippen molar-refractivity contribution < 1.29 is 14.6 Å². The Bertz CT molecular complexity index is 214. The standard InChI is InChI=1S/C3H5NO3S.2C2H6.H2/c5-3-1-2-8(6,7)4-3;2*1-2;/h1-2H2,(H,4,5);2*1-2H3;1H. The van der Waals surface area contributed by atoms with Gasteiger partial charge in [0, 0.05) is 7.85 Å². The fraction of sp³-hybridized carbons (Fsp3) is 0.857. The van der Waals surface area contributed by atoms with Crippen molar-refractivity contribution in [3.63, 3.8) is 0 Å². The van der Waals surface area contributed by atoms with Gasteiger partial charge in [-0.3, -0.25) is 9.52 Å². The fourth-order valence-electron chi connectivity index (χ4n) is 0.503. The quantitative estimate of drug-likeness (QED) is 0.633. The maximum Gasteiger partial charge on any atom is 0.235 e. The summed E-state index contributed by atoms with van der Waals surface area (Å²) >= 11 is 0. The van der Waals surface area contributed by atoms with E-state index in [2.05, 4.69) is 0 Å². The first-order valence-corrected chi connectivity index (χ1v) is 5.79. The molecule has 0 aromatic carbocycles. The van der Waals surface area contributed by atoms with Crippen LogP contribution in [-0.4, -0.2) is 20.1 Å². The van der Waals surface area contributed by atoms with Crippen LogP contribution in [0.2, 0.25) is 0 Å². The van der Waals surface area contributed by atoms with Gasteiger partial charge in [0.15, 0.2) is 0 Å². The van der Waals surface area contributed by atoms with Crippen molar-refractivity contribution in [3.05, 3.63) is 0 Å². The number of sulfonamides is 1. The minimum atomic E-state index is -3.20. The topological polar surface area (TPSA) is 63.2 Å². The highest BCUT2D eigenvalue weighted by molar-refractivity contribution is 7.90. The summed E-state index contributed by atoms with van der Waals surface area (Å²) in [5, 5.41) is 0. The van der Waals surface area contributed by atoms with Crippen molar-refractivity contribution >= 4 is 15.9 Å². The number of amides is 1. The molecule has 5 heteroatoms. The molecular weight excluding hydrogens is 178 g/mol. The SMILES string of the molecule is CC.CC.O=C1CCS(=O)(=O)N1.[HH]. The van der Waals surface area contributed by atoms with Crippen LogP contribution in [0.25, 0.3) is 0 Å². The van der Waals surface area contributed by atoms with Crippen LogP contribution in [-0.2, 0) is 14.8 Å². The first kappa shape index (κ1) is 14.0. The van der Waals surface area contributed by atoms with Gasteiger partial charge >= 0.3 is 0 Å². The van der Waals surface area contributed by atoms with Crippen LogP contribution < -0.4 is 4.72 Å². The lowest BCUT2D eigenvalue weighted by Crippen LogP contribution is -2.20. The van der Waals surface area contributed by atoms with Gasteiger partial charge in [-0.2, -0.15) is 0 Å². The summed E-state index contributed by atoms with van der Waals surface area (Å²) in [5.41, 5.74) is 0. The number of nitrogens with one attached hydrogen (secondary N) is 1. The monoisotopic (exact) mass is 197 g/mol. The third-order valence-electron chi connectivity index (χ3n) is 0.867. The molecule has 0 aliphatic carbocycles. The van der Waals surface area contributed by atoms with Crippen molar-refractivity contribution in [1.82, 2.24) is 4.72 Å². The second-order valence-corrected chi connectivity index (χ2v) is 3.44. The zero-order valence-electron chi connectivity index (χ0n) is 8.05. The zero-order valence-corrected chi connectivity index (χ0v) is 8.86. The van der Waals surface area contributed by atoms with Gasteiger partial charge < -0.3 is 0 Å². The summed E-state index contributed by atoms with van der Waals surface area (Å²) in [6.07, 6.45) is 0.113. The van der Waals surface area contributed by atoms with Crippen molar-refractivity contribution in [2.24, 2.45) is 0 Å². The molecule has 1 saturated heterocycles. The predicted molar refractivity (Wildman–Crippen MR) is 51.4 cm³/mol. The first-order chi connectivity index (χ1) is 5.60. The van der Waals surface area contributed by atoms with E-state index < -0.39 is 15.9 Å². The van der Waals surface area contributed by atoms with Crippen LogP contribution in [0.15, 0.2) is 0 Å². The molecule has 4 nitrogen and oxygen atoms in total. The maximum atomic E-state index is 10.3. The Hall–Kier alpha value is -0.580. The molecule has 0 unspecified atom stereocenters. The highest BCUT2D eigenvalue weighted by Gasteiger charge is 2.22. The minimum absolute atomic E-state index is 0. The molecule has 1 heterocycles. The van der Waals surface area contributed by atoms with Gasteiger partial charge in [0.05, 0.1) is 5.75 Å². The molecule has 1 aliphatic heterocycles. The lowest BCUT2D eigenvalue weighted by molar-refractivity contribution is -0.118. The van der Waals surface area contributed by atoms with Gasteiger partial charge in [0.2, 0.25) is 15.9 Å². The van der Waals surface area contributed by atoms with E-state index >= 15 is 0 Å². The minimum Gasteiger partial charge on any atom is -0.274 e. The van der Waals surface area contributed by atoms with Crippen LogP contribution in [0, 0.1) is 0 Å².